The summed E-state index contributed by atoms with van der Waals surface area (Å²) in [6.45, 7) is 4.16. The molecule has 0 aromatic heterocycles. The van der Waals surface area contributed by atoms with Crippen LogP contribution in [0.2, 0.25) is 0 Å². The van der Waals surface area contributed by atoms with E-state index >= 15 is 0 Å². The number of carbonyl (C=O) groups is 1. The summed E-state index contributed by atoms with van der Waals surface area (Å²) in [6.07, 6.45) is 4.85. The number of carbonyl (C=O) groups excluding carboxylic acids is 1. The molecule has 2 atom stereocenters. The third-order valence-corrected chi connectivity index (χ3v) is 3.35. The van der Waals surface area contributed by atoms with Crippen LogP contribution in [0.5, 0.6) is 0 Å². The van der Waals surface area contributed by atoms with Crippen LogP contribution in [0.15, 0.2) is 0 Å². The highest BCUT2D eigenvalue weighted by Crippen LogP contribution is 2.27. The smallest absolute Gasteiger partial charge is 0.224 e. The van der Waals surface area contributed by atoms with E-state index in [1.54, 1.807) is 0 Å². The number of piperidine rings is 1. The fourth-order valence-electron chi connectivity index (χ4n) is 2.17. The Kier molecular flexibility index (Phi) is 3.59. The Morgan fingerprint density at radius 3 is 2.60 bits per heavy atom. The first-order chi connectivity index (χ1) is 7.27. The molecule has 1 heterocycles. The van der Waals surface area contributed by atoms with Gasteiger partial charge in [-0.1, -0.05) is 6.42 Å². The number of nitrogens with zero attached hydrogens (tertiary/aromatic N) is 1. The van der Waals surface area contributed by atoms with E-state index < -0.39 is 0 Å². The van der Waals surface area contributed by atoms with Gasteiger partial charge in [0.2, 0.25) is 5.91 Å². The molecule has 0 aromatic carbocycles. The lowest BCUT2D eigenvalue weighted by Crippen LogP contribution is -2.38. The number of nitrogens with two attached hydrogens (primary N) is 1. The first-order valence-corrected chi connectivity index (χ1v) is 6.03. The van der Waals surface area contributed by atoms with Crippen LogP contribution in [0.1, 0.15) is 25.7 Å². The summed E-state index contributed by atoms with van der Waals surface area (Å²) in [4.78, 5) is 13.9. The molecule has 2 aliphatic rings. The molecule has 1 amide bonds. The summed E-state index contributed by atoms with van der Waals surface area (Å²) in [5, 5.41) is 2.96. The predicted octanol–water partition coefficient (Wildman–Crippen LogP) is -0.0643. The summed E-state index contributed by atoms with van der Waals surface area (Å²) in [5.74, 6) is 0.255. The topological polar surface area (TPSA) is 58.4 Å². The van der Waals surface area contributed by atoms with Crippen molar-refractivity contribution >= 4 is 5.91 Å². The van der Waals surface area contributed by atoms with Crippen molar-refractivity contribution in [1.29, 1.82) is 0 Å². The van der Waals surface area contributed by atoms with Crippen LogP contribution < -0.4 is 11.1 Å². The van der Waals surface area contributed by atoms with Crippen LogP contribution in [0.3, 0.4) is 0 Å². The second kappa shape index (κ2) is 4.94. The van der Waals surface area contributed by atoms with Crippen molar-refractivity contribution in [1.82, 2.24) is 10.2 Å². The zero-order chi connectivity index (χ0) is 10.7. The molecule has 0 aromatic rings. The van der Waals surface area contributed by atoms with Crippen LogP contribution in [0, 0.1) is 5.92 Å². The predicted molar refractivity (Wildman–Crippen MR) is 59.4 cm³/mol. The van der Waals surface area contributed by atoms with E-state index in [2.05, 4.69) is 10.2 Å². The lowest BCUT2D eigenvalue weighted by Gasteiger charge is -2.26. The highest BCUT2D eigenvalue weighted by atomic mass is 16.2. The van der Waals surface area contributed by atoms with Gasteiger partial charge in [-0.05, 0) is 32.4 Å². The van der Waals surface area contributed by atoms with Crippen molar-refractivity contribution in [2.75, 3.05) is 26.2 Å². The number of rotatable bonds is 4. The molecule has 1 aliphatic heterocycles. The number of hydrogen-bond donors (Lipinski definition) is 2. The molecule has 1 aliphatic carbocycles. The molecule has 86 valence electrons. The average molecular weight is 211 g/mol. The van der Waals surface area contributed by atoms with Gasteiger partial charge in [-0.3, -0.25) is 4.79 Å². The van der Waals surface area contributed by atoms with Crippen LogP contribution in [0.4, 0.5) is 0 Å². The quantitative estimate of drug-likeness (QED) is 0.684. The van der Waals surface area contributed by atoms with E-state index in [1.165, 1.54) is 32.4 Å². The van der Waals surface area contributed by atoms with Gasteiger partial charge in [-0.25, -0.2) is 0 Å². The summed E-state index contributed by atoms with van der Waals surface area (Å²) >= 11 is 0. The fraction of sp³-hybridized carbons (Fsp3) is 0.909. The van der Waals surface area contributed by atoms with Crippen LogP contribution >= 0.6 is 0 Å². The number of likely N-dealkylation sites (tertiary alicyclic amines) is 1. The van der Waals surface area contributed by atoms with Gasteiger partial charge in [0, 0.05) is 19.1 Å². The van der Waals surface area contributed by atoms with E-state index in [-0.39, 0.29) is 17.9 Å². The summed E-state index contributed by atoms with van der Waals surface area (Å²) < 4.78 is 0. The molecule has 3 N–H and O–H groups in total. The largest absolute Gasteiger partial charge is 0.355 e. The molecule has 2 unspecified atom stereocenters. The van der Waals surface area contributed by atoms with E-state index in [9.17, 15) is 4.79 Å². The Labute approximate surface area is 91.2 Å². The second-order valence-electron chi connectivity index (χ2n) is 4.70. The lowest BCUT2D eigenvalue weighted by molar-refractivity contribution is -0.122. The molecule has 4 heteroatoms. The maximum atomic E-state index is 11.4. The number of amides is 1. The molecule has 1 saturated carbocycles. The third-order valence-electron chi connectivity index (χ3n) is 3.35. The van der Waals surface area contributed by atoms with Crippen molar-refractivity contribution in [3.05, 3.63) is 0 Å². The fourth-order valence-corrected chi connectivity index (χ4v) is 2.17. The van der Waals surface area contributed by atoms with Gasteiger partial charge in [-0.2, -0.15) is 0 Å². The summed E-state index contributed by atoms with van der Waals surface area (Å²) in [6, 6.07) is 0.125. The Hall–Kier alpha value is -0.610. The molecular weight excluding hydrogens is 190 g/mol. The Morgan fingerprint density at radius 1 is 1.33 bits per heavy atom. The summed E-state index contributed by atoms with van der Waals surface area (Å²) in [7, 11) is 0. The van der Waals surface area contributed by atoms with Crippen molar-refractivity contribution in [2.45, 2.75) is 31.7 Å². The van der Waals surface area contributed by atoms with Gasteiger partial charge in [-0.15, -0.1) is 0 Å². The van der Waals surface area contributed by atoms with E-state index in [1.807, 2.05) is 0 Å². The standard InChI is InChI=1S/C11H21N3O/c12-10-8-9(10)11(15)13-4-7-14-5-2-1-3-6-14/h9-10H,1-8,12H2,(H,13,15). The zero-order valence-corrected chi connectivity index (χ0v) is 9.24. The minimum atomic E-state index is 0.103. The van der Waals surface area contributed by atoms with Gasteiger partial charge in [0.05, 0.1) is 5.92 Å². The maximum absolute atomic E-state index is 11.4. The monoisotopic (exact) mass is 211 g/mol. The molecule has 4 nitrogen and oxygen atoms in total. The molecule has 0 spiro atoms. The van der Waals surface area contributed by atoms with Gasteiger partial charge in [0.15, 0.2) is 0 Å². The highest BCUT2D eigenvalue weighted by molar-refractivity contribution is 5.82. The molecule has 2 rings (SSSR count). The van der Waals surface area contributed by atoms with Gasteiger partial charge >= 0.3 is 0 Å². The first-order valence-electron chi connectivity index (χ1n) is 6.03. The molecule has 0 radical (unpaired) electrons. The van der Waals surface area contributed by atoms with Crippen molar-refractivity contribution in [3.63, 3.8) is 0 Å². The van der Waals surface area contributed by atoms with E-state index in [0.717, 1.165) is 19.5 Å². The average Bonchev–Trinajstić information content (AvgIpc) is 2.97. The highest BCUT2D eigenvalue weighted by Gasteiger charge is 2.39. The lowest BCUT2D eigenvalue weighted by atomic mass is 10.1. The van der Waals surface area contributed by atoms with Crippen molar-refractivity contribution in [3.8, 4) is 0 Å². The molecule has 1 saturated heterocycles. The first kappa shape index (κ1) is 10.9. The minimum Gasteiger partial charge on any atom is -0.355 e. The van der Waals surface area contributed by atoms with Crippen LogP contribution in [0.25, 0.3) is 0 Å². The van der Waals surface area contributed by atoms with E-state index in [4.69, 9.17) is 5.73 Å². The van der Waals surface area contributed by atoms with Gasteiger partial charge < -0.3 is 16.0 Å². The second-order valence-corrected chi connectivity index (χ2v) is 4.70. The normalized spacial score (nSPS) is 31.3. The van der Waals surface area contributed by atoms with Crippen molar-refractivity contribution < 1.29 is 4.79 Å². The van der Waals surface area contributed by atoms with Gasteiger partial charge in [0.1, 0.15) is 0 Å². The minimum absolute atomic E-state index is 0.103. The maximum Gasteiger partial charge on any atom is 0.224 e. The Balaban J connectivity index is 1.56. The molecule has 15 heavy (non-hydrogen) atoms. The molecular formula is C11H21N3O. The van der Waals surface area contributed by atoms with Crippen molar-refractivity contribution in [2.24, 2.45) is 11.7 Å². The van der Waals surface area contributed by atoms with E-state index in [0.29, 0.717) is 0 Å². The van der Waals surface area contributed by atoms with Gasteiger partial charge in [0.25, 0.3) is 0 Å². The van der Waals surface area contributed by atoms with Crippen LogP contribution in [-0.2, 0) is 4.79 Å². The Bertz CT molecular complexity index is 226. The third kappa shape index (κ3) is 3.18. The Morgan fingerprint density at radius 2 is 2.00 bits per heavy atom. The molecule has 0 bridgehead atoms. The number of nitrogens with one attached hydrogen (secondary N) is 1. The summed E-state index contributed by atoms with van der Waals surface area (Å²) in [5.41, 5.74) is 5.61. The number of hydrogen-bond acceptors (Lipinski definition) is 3. The zero-order valence-electron chi connectivity index (χ0n) is 9.24. The van der Waals surface area contributed by atoms with Crippen LogP contribution in [-0.4, -0.2) is 43.0 Å². The SMILES string of the molecule is NC1CC1C(=O)NCCN1CCCCC1. The molecule has 2 fully saturated rings.